The number of para-hydroxylation sites is 1. The molecule has 9 heteroatoms. The van der Waals surface area contributed by atoms with Crippen molar-refractivity contribution in [3.63, 3.8) is 0 Å². The predicted molar refractivity (Wildman–Crippen MR) is 120 cm³/mol. The molecule has 1 N–H and O–H groups in total. The maximum Gasteiger partial charge on any atom is 0.281 e. The van der Waals surface area contributed by atoms with E-state index in [-0.39, 0.29) is 17.9 Å². The maximum atomic E-state index is 12.8. The number of amides is 1. The molecule has 4 rings (SSSR count). The molecular weight excluding hydrogens is 414 g/mol. The Balaban J connectivity index is 1.48. The lowest BCUT2D eigenvalue weighted by atomic mass is 10.2. The molecule has 3 heterocycles. The SMILES string of the molecule is Cc1cc(=O)c(C(=O)Nc2nc(CN3C[C@@H](C)O[C@@H](C)C3)cs2)nn1-c1ccccc1. The first-order valence-corrected chi connectivity index (χ1v) is 11.1. The molecule has 0 aliphatic carbocycles. The molecule has 1 aromatic carbocycles. The average Bonchev–Trinajstić information content (AvgIpc) is 3.14. The smallest absolute Gasteiger partial charge is 0.281 e. The molecule has 31 heavy (non-hydrogen) atoms. The maximum absolute atomic E-state index is 12.8. The molecule has 1 saturated heterocycles. The van der Waals surface area contributed by atoms with Gasteiger partial charge in [0.05, 0.1) is 23.6 Å². The third-order valence-corrected chi connectivity index (χ3v) is 5.78. The Morgan fingerprint density at radius 2 is 1.94 bits per heavy atom. The van der Waals surface area contributed by atoms with Crippen LogP contribution < -0.4 is 10.7 Å². The lowest BCUT2D eigenvalue weighted by Crippen LogP contribution is -2.44. The van der Waals surface area contributed by atoms with Gasteiger partial charge in [-0.1, -0.05) is 18.2 Å². The zero-order chi connectivity index (χ0) is 22.0. The van der Waals surface area contributed by atoms with Crippen molar-refractivity contribution in [2.24, 2.45) is 0 Å². The van der Waals surface area contributed by atoms with E-state index in [4.69, 9.17) is 4.74 Å². The second kappa shape index (κ2) is 9.09. The fourth-order valence-electron chi connectivity index (χ4n) is 3.77. The Labute approximate surface area is 184 Å². The minimum Gasteiger partial charge on any atom is -0.373 e. The summed E-state index contributed by atoms with van der Waals surface area (Å²) in [5.74, 6) is -0.566. The summed E-state index contributed by atoms with van der Waals surface area (Å²) in [5, 5.41) is 9.39. The van der Waals surface area contributed by atoms with E-state index in [2.05, 4.69) is 34.1 Å². The molecular formula is C22H25N5O3S. The van der Waals surface area contributed by atoms with Crippen molar-refractivity contribution in [3.05, 3.63) is 69.1 Å². The molecule has 1 aliphatic rings. The number of hydrogen-bond acceptors (Lipinski definition) is 7. The molecule has 0 spiro atoms. The van der Waals surface area contributed by atoms with Gasteiger partial charge < -0.3 is 4.74 Å². The monoisotopic (exact) mass is 439 g/mol. The van der Waals surface area contributed by atoms with Gasteiger partial charge in [0.25, 0.3) is 5.91 Å². The Kier molecular flexibility index (Phi) is 6.26. The van der Waals surface area contributed by atoms with Gasteiger partial charge in [-0.15, -0.1) is 11.3 Å². The zero-order valence-corrected chi connectivity index (χ0v) is 18.6. The number of ether oxygens (including phenoxy) is 1. The van der Waals surface area contributed by atoms with E-state index < -0.39 is 11.3 Å². The highest BCUT2D eigenvalue weighted by molar-refractivity contribution is 7.13. The first-order valence-electron chi connectivity index (χ1n) is 10.2. The van der Waals surface area contributed by atoms with E-state index in [1.54, 1.807) is 11.6 Å². The van der Waals surface area contributed by atoms with Gasteiger partial charge in [-0.2, -0.15) is 5.10 Å². The Bertz CT molecular complexity index is 1120. The van der Waals surface area contributed by atoms with E-state index in [0.717, 1.165) is 24.5 Å². The van der Waals surface area contributed by atoms with Crippen molar-refractivity contribution >= 4 is 22.4 Å². The van der Waals surface area contributed by atoms with Crippen LogP contribution in [0, 0.1) is 6.92 Å². The summed E-state index contributed by atoms with van der Waals surface area (Å²) in [6, 6.07) is 10.8. The predicted octanol–water partition coefficient (Wildman–Crippen LogP) is 2.86. The van der Waals surface area contributed by atoms with Crippen LogP contribution in [-0.4, -0.2) is 50.9 Å². The summed E-state index contributed by atoms with van der Waals surface area (Å²) in [7, 11) is 0. The van der Waals surface area contributed by atoms with Gasteiger partial charge in [-0.05, 0) is 32.9 Å². The van der Waals surface area contributed by atoms with Gasteiger partial charge in [0.15, 0.2) is 10.8 Å². The number of aromatic nitrogens is 3. The van der Waals surface area contributed by atoms with Gasteiger partial charge >= 0.3 is 0 Å². The minimum absolute atomic E-state index is 0.165. The zero-order valence-electron chi connectivity index (χ0n) is 17.7. The topological polar surface area (TPSA) is 89.3 Å². The van der Waals surface area contributed by atoms with Crippen LogP contribution in [0.4, 0.5) is 5.13 Å². The van der Waals surface area contributed by atoms with E-state index >= 15 is 0 Å². The van der Waals surface area contributed by atoms with Crippen molar-refractivity contribution in [3.8, 4) is 5.69 Å². The number of hydrogen-bond donors (Lipinski definition) is 1. The molecule has 2 aromatic heterocycles. The largest absolute Gasteiger partial charge is 0.373 e. The van der Waals surface area contributed by atoms with Crippen LogP contribution in [0.2, 0.25) is 0 Å². The van der Waals surface area contributed by atoms with Crippen LogP contribution in [0.1, 0.15) is 35.7 Å². The number of nitrogens with zero attached hydrogens (tertiary/aromatic N) is 4. The molecule has 0 bridgehead atoms. The number of morpholine rings is 1. The third kappa shape index (κ3) is 5.07. The molecule has 1 aliphatic heterocycles. The fraction of sp³-hybridized carbons (Fsp3) is 0.364. The Morgan fingerprint density at radius 1 is 1.23 bits per heavy atom. The number of benzene rings is 1. The van der Waals surface area contributed by atoms with E-state index in [0.29, 0.717) is 17.4 Å². The molecule has 1 fully saturated rings. The van der Waals surface area contributed by atoms with Gasteiger partial charge in [-0.3, -0.25) is 19.8 Å². The highest BCUT2D eigenvalue weighted by Crippen LogP contribution is 2.19. The van der Waals surface area contributed by atoms with E-state index in [9.17, 15) is 9.59 Å². The summed E-state index contributed by atoms with van der Waals surface area (Å²) in [5.41, 5.74) is 1.72. The number of carbonyl (C=O) groups excluding carboxylic acids is 1. The molecule has 0 radical (unpaired) electrons. The normalized spacial score (nSPS) is 19.3. The molecule has 162 valence electrons. The first kappa shape index (κ1) is 21.4. The van der Waals surface area contributed by atoms with E-state index in [1.807, 2.05) is 35.7 Å². The van der Waals surface area contributed by atoms with Crippen LogP contribution in [0.3, 0.4) is 0 Å². The van der Waals surface area contributed by atoms with E-state index in [1.165, 1.54) is 17.4 Å². The number of aryl methyl sites for hydroxylation is 1. The standard InChI is InChI=1S/C22H25N5O3S/c1-14-9-19(28)20(25-27(14)18-7-5-4-6-8-18)21(29)24-22-23-17(13-31-22)12-26-10-15(2)30-16(3)11-26/h4-9,13,15-16H,10-12H2,1-3H3,(H,23,24,29)/t15-,16+. The number of thiazole rings is 1. The number of nitrogens with one attached hydrogen (secondary N) is 1. The van der Waals surface area contributed by atoms with Crippen LogP contribution >= 0.6 is 11.3 Å². The lowest BCUT2D eigenvalue weighted by molar-refractivity contribution is -0.0707. The molecule has 3 aromatic rings. The minimum atomic E-state index is -0.566. The summed E-state index contributed by atoms with van der Waals surface area (Å²) in [6.07, 6.45) is 0.363. The number of carbonyl (C=O) groups is 1. The van der Waals surface area contributed by atoms with Crippen LogP contribution in [0.15, 0.2) is 46.6 Å². The van der Waals surface area contributed by atoms with Gasteiger partial charge in [0.2, 0.25) is 5.43 Å². The summed E-state index contributed by atoms with van der Waals surface area (Å²) in [6.45, 7) is 8.28. The highest BCUT2D eigenvalue weighted by atomic mass is 32.1. The summed E-state index contributed by atoms with van der Waals surface area (Å²) >= 11 is 1.33. The Morgan fingerprint density at radius 3 is 2.65 bits per heavy atom. The molecule has 0 unspecified atom stereocenters. The van der Waals surface area contributed by atoms with Crippen molar-refractivity contribution in [1.29, 1.82) is 0 Å². The van der Waals surface area contributed by atoms with Crippen molar-refractivity contribution in [2.75, 3.05) is 18.4 Å². The molecule has 8 nitrogen and oxygen atoms in total. The first-order chi connectivity index (χ1) is 14.9. The third-order valence-electron chi connectivity index (χ3n) is 4.98. The number of rotatable bonds is 5. The van der Waals surface area contributed by atoms with Crippen molar-refractivity contribution < 1.29 is 9.53 Å². The molecule has 0 saturated carbocycles. The average molecular weight is 440 g/mol. The second-order valence-corrected chi connectivity index (χ2v) is 8.65. The van der Waals surface area contributed by atoms with Crippen molar-refractivity contribution in [1.82, 2.24) is 19.7 Å². The highest BCUT2D eigenvalue weighted by Gasteiger charge is 2.23. The van der Waals surface area contributed by atoms with Crippen LogP contribution in [-0.2, 0) is 11.3 Å². The Hall–Kier alpha value is -2.88. The van der Waals surface area contributed by atoms with Crippen LogP contribution in [0.5, 0.6) is 0 Å². The van der Waals surface area contributed by atoms with Gasteiger partial charge in [-0.25, -0.2) is 9.67 Å². The fourth-order valence-corrected chi connectivity index (χ4v) is 4.47. The van der Waals surface area contributed by atoms with Gasteiger partial charge in [0, 0.05) is 36.8 Å². The second-order valence-electron chi connectivity index (χ2n) is 7.80. The number of anilines is 1. The molecule has 2 atom stereocenters. The van der Waals surface area contributed by atoms with Crippen molar-refractivity contribution in [2.45, 2.75) is 39.5 Å². The van der Waals surface area contributed by atoms with Crippen LogP contribution in [0.25, 0.3) is 5.69 Å². The van der Waals surface area contributed by atoms with Gasteiger partial charge in [0.1, 0.15) is 0 Å². The molecule has 1 amide bonds. The lowest BCUT2D eigenvalue weighted by Gasteiger charge is -2.34. The summed E-state index contributed by atoms with van der Waals surface area (Å²) < 4.78 is 7.35. The quantitative estimate of drug-likeness (QED) is 0.658. The summed E-state index contributed by atoms with van der Waals surface area (Å²) in [4.78, 5) is 32.0.